The highest BCUT2D eigenvalue weighted by atomic mass is 16.6. The summed E-state index contributed by atoms with van der Waals surface area (Å²) in [6.07, 6.45) is 3.26. The van der Waals surface area contributed by atoms with Gasteiger partial charge in [-0.1, -0.05) is 6.42 Å². The third kappa shape index (κ3) is 3.04. The second-order valence-corrected chi connectivity index (χ2v) is 4.95. The van der Waals surface area contributed by atoms with E-state index in [2.05, 4.69) is 5.32 Å². The van der Waals surface area contributed by atoms with Crippen LogP contribution in [0.3, 0.4) is 0 Å². The molecule has 2 rings (SSSR count). The van der Waals surface area contributed by atoms with Crippen LogP contribution in [-0.4, -0.2) is 53.2 Å². The Hall–Kier alpha value is -1.63. The van der Waals surface area contributed by atoms with Crippen LogP contribution in [0.5, 0.6) is 0 Å². The Kier molecular flexibility index (Phi) is 4.04. The Morgan fingerprint density at radius 3 is 2.58 bits per heavy atom. The van der Waals surface area contributed by atoms with Crippen molar-refractivity contribution in [2.75, 3.05) is 19.7 Å². The van der Waals surface area contributed by atoms with Crippen molar-refractivity contribution in [2.24, 2.45) is 0 Å². The molecule has 0 aromatic rings. The van der Waals surface area contributed by atoms with Gasteiger partial charge in [-0.05, 0) is 25.7 Å². The maximum Gasteiger partial charge on any atom is 0.338 e. The van der Waals surface area contributed by atoms with Crippen LogP contribution in [-0.2, 0) is 14.3 Å². The fourth-order valence-corrected chi connectivity index (χ4v) is 2.39. The van der Waals surface area contributed by atoms with Crippen molar-refractivity contribution in [3.05, 3.63) is 0 Å². The Bertz CT molecular complexity index is 390. The Labute approximate surface area is 110 Å². The van der Waals surface area contributed by atoms with Crippen molar-refractivity contribution in [3.63, 3.8) is 0 Å². The second kappa shape index (κ2) is 5.56. The van der Waals surface area contributed by atoms with Gasteiger partial charge in [0.1, 0.15) is 0 Å². The van der Waals surface area contributed by atoms with Crippen LogP contribution in [0.1, 0.15) is 32.1 Å². The number of urea groups is 1. The maximum absolute atomic E-state index is 11.8. The number of esters is 1. The summed E-state index contributed by atoms with van der Waals surface area (Å²) < 4.78 is 4.85. The molecule has 1 saturated carbocycles. The van der Waals surface area contributed by atoms with Crippen LogP contribution in [0.4, 0.5) is 4.79 Å². The first-order valence-electron chi connectivity index (χ1n) is 6.51. The number of nitrogens with zero attached hydrogens (tertiary/aromatic N) is 1. The Balaban J connectivity index is 1.83. The Morgan fingerprint density at radius 2 is 2.00 bits per heavy atom. The number of amides is 3. The minimum atomic E-state index is -1.47. The molecule has 0 atom stereocenters. The van der Waals surface area contributed by atoms with Crippen molar-refractivity contribution in [1.29, 1.82) is 0 Å². The van der Waals surface area contributed by atoms with Crippen LogP contribution in [0.25, 0.3) is 0 Å². The fraction of sp³-hybridized carbons (Fsp3) is 0.750. The molecule has 0 aromatic carbocycles. The normalized spacial score (nSPS) is 21.9. The highest BCUT2D eigenvalue weighted by molar-refractivity contribution is 5.97. The molecule has 2 N–H and O–H groups in total. The first-order chi connectivity index (χ1) is 9.03. The van der Waals surface area contributed by atoms with Crippen LogP contribution >= 0.6 is 0 Å². The summed E-state index contributed by atoms with van der Waals surface area (Å²) >= 11 is 0. The van der Waals surface area contributed by atoms with Gasteiger partial charge in [0.05, 0.1) is 0 Å². The van der Waals surface area contributed by atoms with Gasteiger partial charge >= 0.3 is 12.0 Å². The number of hydrogen-bond donors (Lipinski definition) is 2. The zero-order chi connectivity index (χ0) is 13.9. The minimum absolute atomic E-state index is 0.277. The molecule has 0 aromatic heterocycles. The van der Waals surface area contributed by atoms with Crippen molar-refractivity contribution in [3.8, 4) is 0 Å². The van der Waals surface area contributed by atoms with Crippen molar-refractivity contribution in [2.45, 2.75) is 37.7 Å². The topological polar surface area (TPSA) is 95.9 Å². The molecule has 0 radical (unpaired) electrons. The lowest BCUT2D eigenvalue weighted by Gasteiger charge is -2.29. The molecular weight excluding hydrogens is 252 g/mol. The molecule has 1 aliphatic carbocycles. The zero-order valence-corrected chi connectivity index (χ0v) is 10.7. The summed E-state index contributed by atoms with van der Waals surface area (Å²) in [5, 5.41) is 12.6. The van der Waals surface area contributed by atoms with Crippen molar-refractivity contribution >= 4 is 17.9 Å². The number of carbonyl (C=O) groups excluding carboxylic acids is 3. The van der Waals surface area contributed by atoms with Gasteiger partial charge in [0.25, 0.3) is 5.91 Å². The average molecular weight is 270 g/mol. The molecule has 7 heteroatoms. The van der Waals surface area contributed by atoms with Gasteiger partial charge in [0.15, 0.2) is 12.2 Å². The smallest absolute Gasteiger partial charge is 0.338 e. The average Bonchev–Trinajstić information content (AvgIpc) is 2.82. The van der Waals surface area contributed by atoms with Gasteiger partial charge in [-0.15, -0.1) is 0 Å². The molecule has 0 spiro atoms. The molecule has 1 aliphatic heterocycles. The van der Waals surface area contributed by atoms with Gasteiger partial charge in [0.2, 0.25) is 0 Å². The predicted octanol–water partition coefficient (Wildman–Crippen LogP) is -0.223. The number of hydrogen-bond acceptors (Lipinski definition) is 5. The number of aliphatic hydroxyl groups is 1. The van der Waals surface area contributed by atoms with E-state index in [0.29, 0.717) is 19.4 Å². The van der Waals surface area contributed by atoms with Crippen LogP contribution < -0.4 is 5.32 Å². The van der Waals surface area contributed by atoms with E-state index in [-0.39, 0.29) is 6.54 Å². The molecule has 7 nitrogen and oxygen atoms in total. The lowest BCUT2D eigenvalue weighted by molar-refractivity contribution is -0.171. The maximum atomic E-state index is 11.8. The monoisotopic (exact) mass is 270 g/mol. The minimum Gasteiger partial charge on any atom is -0.453 e. The standard InChI is InChI=1S/C12H18N2O5/c15-9(14-7-6-13-11(14)17)8-19-10(16)12(18)4-2-1-3-5-12/h18H,1-8H2,(H,13,17). The largest absolute Gasteiger partial charge is 0.453 e. The predicted molar refractivity (Wildman–Crippen MR) is 64.1 cm³/mol. The number of carbonyl (C=O) groups is 3. The SMILES string of the molecule is O=C(COC(=O)C1(O)CCCCC1)N1CCNC1=O. The van der Waals surface area contributed by atoms with E-state index in [1.807, 2.05) is 0 Å². The van der Waals surface area contributed by atoms with Crippen molar-refractivity contribution in [1.82, 2.24) is 10.2 Å². The fourth-order valence-electron chi connectivity index (χ4n) is 2.39. The number of nitrogens with one attached hydrogen (secondary N) is 1. The summed E-state index contributed by atoms with van der Waals surface area (Å²) in [5.41, 5.74) is -1.47. The Morgan fingerprint density at radius 1 is 1.32 bits per heavy atom. The highest BCUT2D eigenvalue weighted by Crippen LogP contribution is 2.29. The molecule has 3 amide bonds. The van der Waals surface area contributed by atoms with E-state index in [1.54, 1.807) is 0 Å². The molecule has 106 valence electrons. The van der Waals surface area contributed by atoms with Gasteiger partial charge in [0, 0.05) is 13.1 Å². The van der Waals surface area contributed by atoms with E-state index in [0.717, 1.165) is 24.2 Å². The molecule has 0 bridgehead atoms. The molecule has 2 aliphatic rings. The number of rotatable bonds is 3. The quantitative estimate of drug-likeness (QED) is 0.691. The summed E-state index contributed by atoms with van der Waals surface area (Å²) in [7, 11) is 0. The summed E-state index contributed by atoms with van der Waals surface area (Å²) in [6, 6.07) is -0.475. The van der Waals surface area contributed by atoms with E-state index in [1.165, 1.54) is 0 Å². The second-order valence-electron chi connectivity index (χ2n) is 4.95. The first-order valence-corrected chi connectivity index (χ1v) is 6.51. The lowest BCUT2D eigenvalue weighted by atomic mass is 9.85. The third-order valence-corrected chi connectivity index (χ3v) is 3.55. The molecule has 19 heavy (non-hydrogen) atoms. The lowest BCUT2D eigenvalue weighted by Crippen LogP contribution is -2.44. The van der Waals surface area contributed by atoms with Gasteiger partial charge < -0.3 is 15.2 Å². The van der Waals surface area contributed by atoms with Crippen LogP contribution in [0.15, 0.2) is 0 Å². The molecule has 1 heterocycles. The van der Waals surface area contributed by atoms with Gasteiger partial charge in [-0.25, -0.2) is 9.59 Å². The van der Waals surface area contributed by atoms with Crippen molar-refractivity contribution < 1.29 is 24.2 Å². The zero-order valence-electron chi connectivity index (χ0n) is 10.7. The van der Waals surface area contributed by atoms with E-state index < -0.39 is 30.1 Å². The van der Waals surface area contributed by atoms with Crippen LogP contribution in [0.2, 0.25) is 0 Å². The summed E-state index contributed by atoms with van der Waals surface area (Å²) in [5.74, 6) is -1.33. The summed E-state index contributed by atoms with van der Waals surface area (Å²) in [6.45, 7) is 0.177. The number of imide groups is 1. The molecular formula is C12H18N2O5. The van der Waals surface area contributed by atoms with Crippen LogP contribution in [0, 0.1) is 0 Å². The van der Waals surface area contributed by atoms with Gasteiger partial charge in [-0.2, -0.15) is 0 Å². The molecule has 0 unspecified atom stereocenters. The van der Waals surface area contributed by atoms with E-state index in [9.17, 15) is 19.5 Å². The summed E-state index contributed by atoms with van der Waals surface area (Å²) in [4.78, 5) is 35.7. The van der Waals surface area contributed by atoms with Gasteiger partial charge in [-0.3, -0.25) is 9.69 Å². The number of ether oxygens (including phenoxy) is 1. The molecule has 2 fully saturated rings. The van der Waals surface area contributed by atoms with E-state index >= 15 is 0 Å². The highest BCUT2D eigenvalue weighted by Gasteiger charge is 2.39. The third-order valence-electron chi connectivity index (χ3n) is 3.55. The molecule has 1 saturated heterocycles. The first kappa shape index (κ1) is 13.8. The van der Waals surface area contributed by atoms with E-state index in [4.69, 9.17) is 4.74 Å².